The summed E-state index contributed by atoms with van der Waals surface area (Å²) < 4.78 is 73.9. The highest BCUT2D eigenvalue weighted by molar-refractivity contribution is 5.68. The number of rotatable bonds is 6. The van der Waals surface area contributed by atoms with Crippen LogP contribution in [0.1, 0.15) is 32.4 Å². The van der Waals surface area contributed by atoms with Gasteiger partial charge in [0, 0.05) is 0 Å². The van der Waals surface area contributed by atoms with Gasteiger partial charge in [-0.05, 0) is 38.5 Å². The number of carbonyl (C=O) groups is 1. The van der Waals surface area contributed by atoms with Gasteiger partial charge in [-0.2, -0.15) is 8.78 Å². The maximum absolute atomic E-state index is 12.3. The summed E-state index contributed by atoms with van der Waals surface area (Å²) in [6, 6.07) is 3.32. The van der Waals surface area contributed by atoms with Crippen molar-refractivity contribution in [2.75, 3.05) is 6.61 Å². The number of hydrogen-bond donors (Lipinski definition) is 1. The van der Waals surface area contributed by atoms with Crippen molar-refractivity contribution in [2.24, 2.45) is 0 Å². The first-order valence-corrected chi connectivity index (χ1v) is 7.11. The quantitative estimate of drug-likeness (QED) is 0.754. The molecule has 5 nitrogen and oxygen atoms in total. The Balaban J connectivity index is 2.86. The van der Waals surface area contributed by atoms with E-state index in [0.29, 0.717) is 0 Å². The maximum Gasteiger partial charge on any atom is 0.573 e. The number of amides is 1. The van der Waals surface area contributed by atoms with Gasteiger partial charge >= 0.3 is 19.1 Å². The molecule has 0 saturated carbocycles. The molecule has 1 N–H and O–H groups in total. The summed E-state index contributed by atoms with van der Waals surface area (Å²) in [6.07, 6.45) is -5.74. The molecule has 0 aliphatic rings. The Bertz CT molecular complexity index is 555. The third-order valence-electron chi connectivity index (χ3n) is 2.60. The molecule has 10 heteroatoms. The Kier molecular flexibility index (Phi) is 6.97. The smallest absolute Gasteiger partial charge is 0.444 e. The Morgan fingerprint density at radius 2 is 1.68 bits per heavy atom. The van der Waals surface area contributed by atoms with Gasteiger partial charge in [-0.15, -0.1) is 13.2 Å². The largest absolute Gasteiger partial charge is 0.573 e. The number of alkyl carbamates (subject to hydrolysis) is 1. The van der Waals surface area contributed by atoms with Crippen molar-refractivity contribution in [1.82, 2.24) is 5.32 Å². The number of halogens is 5. The predicted octanol–water partition coefficient (Wildman–Crippen LogP) is 4.39. The van der Waals surface area contributed by atoms with Crippen LogP contribution in [0.5, 0.6) is 5.75 Å². The van der Waals surface area contributed by atoms with E-state index in [4.69, 9.17) is 4.74 Å². The summed E-state index contributed by atoms with van der Waals surface area (Å²) in [7, 11) is 0. The topological polar surface area (TPSA) is 56.8 Å². The van der Waals surface area contributed by atoms with Crippen LogP contribution in [0.3, 0.4) is 0 Å². The first kappa shape index (κ1) is 20.9. The molecule has 1 rings (SSSR count). The van der Waals surface area contributed by atoms with Crippen LogP contribution in [-0.2, 0) is 9.47 Å². The SMILES string of the molecule is CC(C)(C)OC(=O)NC(COC(F)F)c1ccc(OC(F)(F)F)cc1. The molecule has 0 aliphatic heterocycles. The molecular formula is C15H18F5NO4. The minimum atomic E-state index is -4.85. The monoisotopic (exact) mass is 371 g/mol. The van der Waals surface area contributed by atoms with Crippen LogP contribution in [0.25, 0.3) is 0 Å². The fourth-order valence-electron chi connectivity index (χ4n) is 1.74. The highest BCUT2D eigenvalue weighted by atomic mass is 19.4. The zero-order chi connectivity index (χ0) is 19.3. The van der Waals surface area contributed by atoms with Crippen LogP contribution in [0, 0.1) is 0 Å². The Morgan fingerprint density at radius 1 is 1.12 bits per heavy atom. The normalized spacial score (nSPS) is 13.5. The lowest BCUT2D eigenvalue weighted by Crippen LogP contribution is -2.37. The first-order valence-electron chi connectivity index (χ1n) is 7.11. The molecule has 0 fully saturated rings. The molecule has 0 bridgehead atoms. The van der Waals surface area contributed by atoms with Gasteiger partial charge in [0.15, 0.2) is 0 Å². The van der Waals surface area contributed by atoms with Gasteiger partial charge in [-0.25, -0.2) is 4.79 Å². The molecule has 0 aromatic heterocycles. The number of nitrogens with one attached hydrogen (secondary N) is 1. The Labute approximate surface area is 141 Å². The molecule has 1 aromatic carbocycles. The molecule has 0 radical (unpaired) electrons. The van der Waals surface area contributed by atoms with Crippen LogP contribution < -0.4 is 10.1 Å². The van der Waals surface area contributed by atoms with E-state index in [1.807, 2.05) is 0 Å². The van der Waals surface area contributed by atoms with Gasteiger partial charge in [0.2, 0.25) is 0 Å². The highest BCUT2D eigenvalue weighted by Crippen LogP contribution is 2.25. The van der Waals surface area contributed by atoms with Crippen molar-refractivity contribution in [3.63, 3.8) is 0 Å². The van der Waals surface area contributed by atoms with Gasteiger partial charge in [0.05, 0.1) is 12.6 Å². The fourth-order valence-corrected chi connectivity index (χ4v) is 1.74. The van der Waals surface area contributed by atoms with Crippen molar-refractivity contribution in [3.05, 3.63) is 29.8 Å². The maximum atomic E-state index is 12.3. The van der Waals surface area contributed by atoms with Crippen LogP contribution in [0.2, 0.25) is 0 Å². The number of alkyl halides is 5. The van der Waals surface area contributed by atoms with Crippen LogP contribution >= 0.6 is 0 Å². The summed E-state index contributed by atoms with van der Waals surface area (Å²) in [6.45, 7) is 1.16. The van der Waals surface area contributed by atoms with Crippen molar-refractivity contribution >= 4 is 6.09 Å². The second-order valence-electron chi connectivity index (χ2n) is 5.91. The van der Waals surface area contributed by atoms with E-state index >= 15 is 0 Å². The van der Waals surface area contributed by atoms with Gasteiger partial charge in [0.25, 0.3) is 0 Å². The molecule has 1 aromatic rings. The minimum absolute atomic E-state index is 0.237. The fraction of sp³-hybridized carbons (Fsp3) is 0.533. The third kappa shape index (κ3) is 9.08. The number of hydrogen-bond acceptors (Lipinski definition) is 4. The van der Waals surface area contributed by atoms with E-state index in [0.717, 1.165) is 12.1 Å². The molecule has 0 heterocycles. The number of carbonyl (C=O) groups excluding carboxylic acids is 1. The van der Waals surface area contributed by atoms with E-state index in [9.17, 15) is 26.7 Å². The first-order chi connectivity index (χ1) is 11.4. The molecule has 0 aliphatic carbocycles. The molecule has 25 heavy (non-hydrogen) atoms. The van der Waals surface area contributed by atoms with Crippen molar-refractivity contribution in [1.29, 1.82) is 0 Å². The lowest BCUT2D eigenvalue weighted by Gasteiger charge is -2.24. The third-order valence-corrected chi connectivity index (χ3v) is 2.60. The summed E-state index contributed by atoms with van der Waals surface area (Å²) in [4.78, 5) is 11.8. The molecule has 0 saturated heterocycles. The molecule has 1 unspecified atom stereocenters. The number of ether oxygens (including phenoxy) is 3. The summed E-state index contributed by atoms with van der Waals surface area (Å²) in [5.41, 5.74) is -0.580. The minimum Gasteiger partial charge on any atom is -0.444 e. The van der Waals surface area contributed by atoms with E-state index in [1.54, 1.807) is 20.8 Å². The summed E-state index contributed by atoms with van der Waals surface area (Å²) in [5.74, 6) is -0.484. The van der Waals surface area contributed by atoms with Crippen LogP contribution in [-0.4, -0.2) is 31.3 Å². The average Bonchev–Trinajstić information content (AvgIpc) is 2.40. The summed E-state index contributed by atoms with van der Waals surface area (Å²) >= 11 is 0. The van der Waals surface area contributed by atoms with Crippen molar-refractivity contribution in [3.8, 4) is 5.75 Å². The second kappa shape index (κ2) is 8.32. The van der Waals surface area contributed by atoms with Gasteiger partial charge in [-0.1, -0.05) is 12.1 Å². The van der Waals surface area contributed by atoms with Gasteiger partial charge < -0.3 is 19.5 Å². The number of benzene rings is 1. The molecular weight excluding hydrogens is 353 g/mol. The van der Waals surface area contributed by atoms with E-state index in [-0.39, 0.29) is 5.56 Å². The zero-order valence-corrected chi connectivity index (χ0v) is 13.7. The van der Waals surface area contributed by atoms with Crippen molar-refractivity contribution in [2.45, 2.75) is 45.4 Å². The second-order valence-corrected chi connectivity index (χ2v) is 5.91. The Hall–Kier alpha value is -2.10. The molecule has 142 valence electrons. The standard InChI is InChI=1S/C15H18F5NO4/c1-14(2,3)25-13(22)21-11(8-23-12(16)17)9-4-6-10(7-5-9)24-15(18,19)20/h4-7,11-12H,8H2,1-3H3,(H,21,22). The lowest BCUT2D eigenvalue weighted by atomic mass is 10.1. The average molecular weight is 371 g/mol. The van der Waals surface area contributed by atoms with E-state index in [2.05, 4.69) is 14.8 Å². The van der Waals surface area contributed by atoms with Crippen molar-refractivity contribution < 1.29 is 41.0 Å². The van der Waals surface area contributed by atoms with Crippen LogP contribution in [0.15, 0.2) is 24.3 Å². The van der Waals surface area contributed by atoms with Crippen LogP contribution in [0.4, 0.5) is 26.7 Å². The Morgan fingerprint density at radius 3 is 2.12 bits per heavy atom. The molecule has 0 spiro atoms. The molecule has 1 amide bonds. The predicted molar refractivity (Wildman–Crippen MR) is 77.2 cm³/mol. The lowest BCUT2D eigenvalue weighted by molar-refractivity contribution is -0.274. The van der Waals surface area contributed by atoms with Gasteiger partial charge in [-0.3, -0.25) is 0 Å². The zero-order valence-electron chi connectivity index (χ0n) is 13.7. The summed E-state index contributed by atoms with van der Waals surface area (Å²) in [5, 5.41) is 2.33. The highest BCUT2D eigenvalue weighted by Gasteiger charge is 2.31. The van der Waals surface area contributed by atoms with E-state index in [1.165, 1.54) is 12.1 Å². The molecule has 1 atom stereocenters. The van der Waals surface area contributed by atoms with E-state index < -0.39 is 43.1 Å². The van der Waals surface area contributed by atoms with Gasteiger partial charge in [0.1, 0.15) is 11.4 Å².